The van der Waals surface area contributed by atoms with E-state index in [1.807, 2.05) is 19.4 Å². The zero-order valence-corrected chi connectivity index (χ0v) is 11.2. The Kier molecular flexibility index (Phi) is 4.28. The second-order valence-corrected chi connectivity index (χ2v) is 5.26. The van der Waals surface area contributed by atoms with E-state index in [9.17, 15) is 0 Å². The highest BCUT2D eigenvalue weighted by molar-refractivity contribution is 9.10. The normalized spacial score (nSPS) is 12.5. The Morgan fingerprint density at radius 1 is 1.86 bits per heavy atom. The number of thiazole rings is 1. The van der Waals surface area contributed by atoms with E-state index in [-0.39, 0.29) is 5.92 Å². The number of anilines is 1. The third-order valence-corrected chi connectivity index (χ3v) is 3.89. The molecule has 0 saturated carbocycles. The lowest BCUT2D eigenvalue weighted by Gasteiger charge is -2.19. The van der Waals surface area contributed by atoms with E-state index in [4.69, 9.17) is 18.0 Å². The van der Waals surface area contributed by atoms with Crippen LogP contribution in [0.25, 0.3) is 0 Å². The second kappa shape index (κ2) is 5.04. The van der Waals surface area contributed by atoms with Crippen molar-refractivity contribution in [1.82, 2.24) is 4.98 Å². The Hall–Kier alpha value is -0.200. The van der Waals surface area contributed by atoms with Gasteiger partial charge in [-0.1, -0.05) is 19.1 Å². The van der Waals surface area contributed by atoms with Crippen LogP contribution in [0.4, 0.5) is 5.13 Å². The van der Waals surface area contributed by atoms with Crippen LogP contribution in [-0.2, 0) is 0 Å². The molecule has 3 nitrogen and oxygen atoms in total. The fourth-order valence-corrected chi connectivity index (χ4v) is 2.30. The Morgan fingerprint density at radius 3 is 2.93 bits per heavy atom. The van der Waals surface area contributed by atoms with E-state index in [0.717, 1.165) is 16.3 Å². The van der Waals surface area contributed by atoms with Gasteiger partial charge in [0.2, 0.25) is 0 Å². The minimum Gasteiger partial charge on any atom is -0.393 e. The summed E-state index contributed by atoms with van der Waals surface area (Å²) in [4.78, 5) is 6.90. The van der Waals surface area contributed by atoms with Crippen molar-refractivity contribution >= 4 is 49.6 Å². The molecule has 0 aliphatic carbocycles. The first-order chi connectivity index (χ1) is 6.50. The van der Waals surface area contributed by atoms with E-state index >= 15 is 0 Å². The topological polar surface area (TPSA) is 42.2 Å². The lowest BCUT2D eigenvalue weighted by atomic mass is 10.2. The van der Waals surface area contributed by atoms with Crippen molar-refractivity contribution in [2.75, 3.05) is 18.5 Å². The lowest BCUT2D eigenvalue weighted by Crippen LogP contribution is -2.31. The molecule has 78 valence electrons. The minimum absolute atomic E-state index is 0.206. The number of aromatic nitrogens is 1. The molecular formula is C8H12BrN3S2. The van der Waals surface area contributed by atoms with E-state index in [2.05, 4.69) is 25.8 Å². The summed E-state index contributed by atoms with van der Waals surface area (Å²) >= 11 is 9.83. The van der Waals surface area contributed by atoms with Gasteiger partial charge >= 0.3 is 0 Å². The maximum atomic E-state index is 5.55. The van der Waals surface area contributed by atoms with E-state index in [0.29, 0.717) is 4.99 Å². The molecule has 0 aliphatic heterocycles. The first-order valence-electron chi connectivity index (χ1n) is 4.12. The molecule has 0 aromatic carbocycles. The highest BCUT2D eigenvalue weighted by atomic mass is 79.9. The summed E-state index contributed by atoms with van der Waals surface area (Å²) in [5.41, 5.74) is 5.55. The molecule has 0 fully saturated rings. The molecule has 1 aromatic heterocycles. The molecule has 1 unspecified atom stereocenters. The monoisotopic (exact) mass is 293 g/mol. The van der Waals surface area contributed by atoms with Crippen LogP contribution in [0.1, 0.15) is 6.92 Å². The van der Waals surface area contributed by atoms with Crippen molar-refractivity contribution < 1.29 is 0 Å². The predicted octanol–water partition coefficient (Wildman–Crippen LogP) is 2.26. The molecule has 1 rings (SSSR count). The molecule has 6 heteroatoms. The van der Waals surface area contributed by atoms with Gasteiger partial charge in [-0.2, -0.15) is 0 Å². The zero-order valence-electron chi connectivity index (χ0n) is 8.03. The summed E-state index contributed by atoms with van der Waals surface area (Å²) in [6.45, 7) is 2.82. The van der Waals surface area contributed by atoms with Crippen LogP contribution in [-0.4, -0.2) is 23.6 Å². The molecule has 0 radical (unpaired) electrons. The van der Waals surface area contributed by atoms with Crippen LogP contribution >= 0.6 is 39.5 Å². The summed E-state index contributed by atoms with van der Waals surface area (Å²) in [5, 5.41) is 2.93. The highest BCUT2D eigenvalue weighted by Gasteiger charge is 2.11. The molecule has 0 bridgehead atoms. The predicted molar refractivity (Wildman–Crippen MR) is 69.0 cm³/mol. The average molecular weight is 294 g/mol. The van der Waals surface area contributed by atoms with Crippen LogP contribution in [0.15, 0.2) is 9.98 Å². The first-order valence-corrected chi connectivity index (χ1v) is 6.20. The van der Waals surface area contributed by atoms with Crippen LogP contribution < -0.4 is 10.6 Å². The third-order valence-electron chi connectivity index (χ3n) is 1.82. The molecule has 0 amide bonds. The van der Waals surface area contributed by atoms with Crippen LogP contribution in [0, 0.1) is 5.92 Å². The Balaban J connectivity index is 2.58. The van der Waals surface area contributed by atoms with Gasteiger partial charge < -0.3 is 10.6 Å². The first kappa shape index (κ1) is 11.9. The molecule has 0 aliphatic rings. The van der Waals surface area contributed by atoms with Crippen LogP contribution in [0.2, 0.25) is 0 Å². The molecule has 1 atom stereocenters. The van der Waals surface area contributed by atoms with Gasteiger partial charge in [0.25, 0.3) is 0 Å². The van der Waals surface area contributed by atoms with Crippen LogP contribution in [0.3, 0.4) is 0 Å². The number of hydrogen-bond acceptors (Lipinski definition) is 4. The van der Waals surface area contributed by atoms with Gasteiger partial charge in [0.1, 0.15) is 4.60 Å². The molecule has 0 saturated heterocycles. The Bertz CT molecular complexity index is 326. The maximum Gasteiger partial charge on any atom is 0.186 e. The molecule has 0 spiro atoms. The number of rotatable bonds is 4. The van der Waals surface area contributed by atoms with Gasteiger partial charge in [-0.3, -0.25) is 0 Å². The SMILES string of the molecule is CC(CN(C)c1nc(Br)cs1)C(N)=S. The number of hydrogen-bond donors (Lipinski definition) is 1. The Labute approximate surface area is 101 Å². The number of nitrogens with two attached hydrogens (primary N) is 1. The molecule has 14 heavy (non-hydrogen) atoms. The van der Waals surface area contributed by atoms with Crippen molar-refractivity contribution in [3.05, 3.63) is 9.98 Å². The maximum absolute atomic E-state index is 5.55. The Morgan fingerprint density at radius 2 is 2.50 bits per heavy atom. The van der Waals surface area contributed by atoms with E-state index in [1.165, 1.54) is 0 Å². The fraction of sp³-hybridized carbons (Fsp3) is 0.500. The van der Waals surface area contributed by atoms with Gasteiger partial charge in [-0.25, -0.2) is 4.98 Å². The summed E-state index contributed by atoms with van der Waals surface area (Å²) in [6.07, 6.45) is 0. The minimum atomic E-state index is 0.206. The van der Waals surface area contributed by atoms with Gasteiger partial charge in [-0.05, 0) is 15.9 Å². The van der Waals surface area contributed by atoms with E-state index < -0.39 is 0 Å². The number of thiocarbonyl (C=S) groups is 1. The molecule has 2 N–H and O–H groups in total. The third kappa shape index (κ3) is 3.18. The summed E-state index contributed by atoms with van der Waals surface area (Å²) in [7, 11) is 1.99. The van der Waals surface area contributed by atoms with Crippen molar-refractivity contribution in [1.29, 1.82) is 0 Å². The largest absolute Gasteiger partial charge is 0.393 e. The average Bonchev–Trinajstić information content (AvgIpc) is 2.51. The number of halogens is 1. The van der Waals surface area contributed by atoms with Crippen LogP contribution in [0.5, 0.6) is 0 Å². The quantitative estimate of drug-likeness (QED) is 0.865. The molecular weight excluding hydrogens is 282 g/mol. The fourth-order valence-electron chi connectivity index (χ4n) is 1.000. The van der Waals surface area contributed by atoms with Crippen molar-refractivity contribution in [2.45, 2.75) is 6.92 Å². The summed E-state index contributed by atoms with van der Waals surface area (Å²) < 4.78 is 0.868. The highest BCUT2D eigenvalue weighted by Crippen LogP contribution is 2.23. The second-order valence-electron chi connectivity index (χ2n) is 3.14. The summed E-state index contributed by atoms with van der Waals surface area (Å²) in [6, 6.07) is 0. The smallest absolute Gasteiger partial charge is 0.186 e. The summed E-state index contributed by atoms with van der Waals surface area (Å²) in [5.74, 6) is 0.206. The standard InChI is InChI=1S/C8H12BrN3S2/c1-5(7(10)13)3-12(2)8-11-6(9)4-14-8/h4-5H,3H2,1-2H3,(H2,10,13). The van der Waals surface area contributed by atoms with Gasteiger partial charge in [0, 0.05) is 24.9 Å². The molecule has 1 heterocycles. The zero-order chi connectivity index (χ0) is 10.7. The lowest BCUT2D eigenvalue weighted by molar-refractivity contribution is 0.740. The van der Waals surface area contributed by atoms with Crippen molar-refractivity contribution in [3.63, 3.8) is 0 Å². The van der Waals surface area contributed by atoms with E-state index in [1.54, 1.807) is 11.3 Å². The molecule has 1 aromatic rings. The van der Waals surface area contributed by atoms with Gasteiger partial charge in [0.05, 0.1) is 4.99 Å². The van der Waals surface area contributed by atoms with Crippen molar-refractivity contribution in [3.8, 4) is 0 Å². The van der Waals surface area contributed by atoms with Gasteiger partial charge in [-0.15, -0.1) is 11.3 Å². The van der Waals surface area contributed by atoms with Gasteiger partial charge in [0.15, 0.2) is 5.13 Å². The number of nitrogens with zero attached hydrogens (tertiary/aromatic N) is 2. The van der Waals surface area contributed by atoms with Crippen molar-refractivity contribution in [2.24, 2.45) is 11.7 Å².